The smallest absolute Gasteiger partial charge is 0.300 e. The molecule has 3 rings (SSSR count). The summed E-state index contributed by atoms with van der Waals surface area (Å²) < 4.78 is 37.4. The summed E-state index contributed by atoms with van der Waals surface area (Å²) in [5.41, 5.74) is 3.24. The first-order chi connectivity index (χ1) is 12.4. The molecule has 0 saturated heterocycles. The highest BCUT2D eigenvalue weighted by atomic mass is 19.4. The first kappa shape index (κ1) is 18.1. The maximum Gasteiger partial charge on any atom is 0.416 e. The highest BCUT2D eigenvalue weighted by Crippen LogP contribution is 2.29. The van der Waals surface area contributed by atoms with Gasteiger partial charge < -0.3 is 0 Å². The van der Waals surface area contributed by atoms with Crippen LogP contribution in [-0.4, -0.2) is 29.9 Å². The largest absolute Gasteiger partial charge is 0.416 e. The van der Waals surface area contributed by atoms with Crippen LogP contribution < -0.4 is 5.48 Å². The van der Waals surface area contributed by atoms with E-state index in [4.69, 9.17) is 4.84 Å². The fourth-order valence-electron chi connectivity index (χ4n) is 2.60. The Labute approximate surface area is 147 Å². The number of nitrogens with zero attached hydrogens (tertiary/aromatic N) is 1. The van der Waals surface area contributed by atoms with Gasteiger partial charge in [0.2, 0.25) is 0 Å². The molecule has 0 aliphatic carbocycles. The molecule has 1 aliphatic heterocycles. The van der Waals surface area contributed by atoms with E-state index in [1.165, 1.54) is 12.1 Å². The van der Waals surface area contributed by atoms with E-state index in [1.54, 1.807) is 24.3 Å². The second kappa shape index (κ2) is 7.27. The van der Waals surface area contributed by atoms with Gasteiger partial charge in [-0.1, -0.05) is 24.3 Å². The molecule has 2 aromatic rings. The van der Waals surface area contributed by atoms with E-state index in [-0.39, 0.29) is 31.5 Å². The van der Waals surface area contributed by atoms with Crippen LogP contribution in [-0.2, 0) is 17.6 Å². The predicted molar refractivity (Wildman–Crippen MR) is 86.0 cm³/mol. The minimum Gasteiger partial charge on any atom is -0.300 e. The summed E-state index contributed by atoms with van der Waals surface area (Å²) in [6.45, 7) is 0.332. The first-order valence-electron chi connectivity index (χ1n) is 7.84. The Bertz CT molecular complexity index is 784. The summed E-state index contributed by atoms with van der Waals surface area (Å²) in [6.07, 6.45) is -4.37. The number of hydroxylamine groups is 1. The summed E-state index contributed by atoms with van der Waals surface area (Å²) in [6, 6.07) is 11.3. The van der Waals surface area contributed by atoms with Gasteiger partial charge in [-0.2, -0.15) is 18.7 Å². The van der Waals surface area contributed by atoms with E-state index in [2.05, 4.69) is 5.48 Å². The molecule has 0 aromatic heterocycles. The van der Waals surface area contributed by atoms with Crippen LogP contribution in [0.5, 0.6) is 0 Å². The van der Waals surface area contributed by atoms with Gasteiger partial charge in [0.15, 0.2) is 0 Å². The Kier molecular flexibility index (Phi) is 5.06. The Morgan fingerprint density at radius 3 is 2.04 bits per heavy atom. The molecular weight excluding hydrogens is 349 g/mol. The molecule has 0 saturated carbocycles. The number of carbonyl (C=O) groups is 2. The SMILES string of the molecule is O=C1c2ccccc2C(=O)N1CCONCc1ccc(C(F)(F)F)cc1. The molecule has 136 valence electrons. The molecule has 2 aromatic carbocycles. The quantitative estimate of drug-likeness (QED) is 0.486. The number of imide groups is 1. The van der Waals surface area contributed by atoms with Crippen molar-refractivity contribution in [1.29, 1.82) is 0 Å². The number of hydrogen-bond donors (Lipinski definition) is 1. The zero-order valence-electron chi connectivity index (χ0n) is 13.5. The number of benzene rings is 2. The lowest BCUT2D eigenvalue weighted by Crippen LogP contribution is -2.34. The number of amides is 2. The molecule has 0 bridgehead atoms. The lowest BCUT2D eigenvalue weighted by atomic mass is 10.1. The third-order valence-corrected chi connectivity index (χ3v) is 3.95. The van der Waals surface area contributed by atoms with Gasteiger partial charge in [0, 0.05) is 6.54 Å². The third-order valence-electron chi connectivity index (χ3n) is 3.95. The Morgan fingerprint density at radius 1 is 0.923 bits per heavy atom. The highest BCUT2D eigenvalue weighted by Gasteiger charge is 2.34. The highest BCUT2D eigenvalue weighted by molar-refractivity contribution is 6.21. The van der Waals surface area contributed by atoms with Gasteiger partial charge in [0.25, 0.3) is 11.8 Å². The Hall–Kier alpha value is -2.71. The van der Waals surface area contributed by atoms with E-state index >= 15 is 0 Å². The van der Waals surface area contributed by atoms with Gasteiger partial charge in [0.1, 0.15) is 0 Å². The fraction of sp³-hybridized carbons (Fsp3) is 0.222. The van der Waals surface area contributed by atoms with E-state index in [9.17, 15) is 22.8 Å². The summed E-state index contributed by atoms with van der Waals surface area (Å²) in [4.78, 5) is 30.6. The van der Waals surface area contributed by atoms with Crippen molar-refractivity contribution >= 4 is 11.8 Å². The van der Waals surface area contributed by atoms with Crippen molar-refractivity contribution in [3.8, 4) is 0 Å². The van der Waals surface area contributed by atoms with Gasteiger partial charge in [0.05, 0.1) is 29.8 Å². The summed E-state index contributed by atoms with van der Waals surface area (Å²) in [5, 5.41) is 0. The van der Waals surface area contributed by atoms with Crippen LogP contribution in [0, 0.1) is 0 Å². The number of rotatable bonds is 6. The number of alkyl halides is 3. The molecule has 26 heavy (non-hydrogen) atoms. The molecular formula is C18H15F3N2O3. The molecule has 0 atom stereocenters. The average Bonchev–Trinajstić information content (AvgIpc) is 2.86. The Morgan fingerprint density at radius 2 is 1.50 bits per heavy atom. The number of halogens is 3. The van der Waals surface area contributed by atoms with Gasteiger partial charge in [-0.15, -0.1) is 0 Å². The normalized spacial score (nSPS) is 14.0. The van der Waals surface area contributed by atoms with E-state index in [0.717, 1.165) is 17.0 Å². The molecule has 1 N–H and O–H groups in total. The fourth-order valence-corrected chi connectivity index (χ4v) is 2.60. The number of hydrogen-bond acceptors (Lipinski definition) is 4. The van der Waals surface area contributed by atoms with Crippen LogP contribution in [0.15, 0.2) is 48.5 Å². The van der Waals surface area contributed by atoms with E-state index in [0.29, 0.717) is 16.7 Å². The molecule has 2 amide bonds. The first-order valence-corrected chi connectivity index (χ1v) is 7.84. The van der Waals surface area contributed by atoms with Crippen molar-refractivity contribution in [2.75, 3.05) is 13.2 Å². The second-order valence-electron chi connectivity index (χ2n) is 5.67. The lowest BCUT2D eigenvalue weighted by Gasteiger charge is -2.14. The van der Waals surface area contributed by atoms with E-state index in [1.807, 2.05) is 0 Å². The van der Waals surface area contributed by atoms with Crippen molar-refractivity contribution in [3.63, 3.8) is 0 Å². The predicted octanol–water partition coefficient (Wildman–Crippen LogP) is 3.02. The molecule has 5 nitrogen and oxygen atoms in total. The average molecular weight is 364 g/mol. The van der Waals surface area contributed by atoms with Gasteiger partial charge in [-0.25, -0.2) is 0 Å². The minimum absolute atomic E-state index is 0.0616. The van der Waals surface area contributed by atoms with Crippen molar-refractivity contribution in [2.45, 2.75) is 12.7 Å². The minimum atomic E-state index is -4.37. The van der Waals surface area contributed by atoms with Crippen LogP contribution in [0.1, 0.15) is 31.8 Å². The molecule has 0 radical (unpaired) electrons. The third kappa shape index (κ3) is 3.76. The second-order valence-corrected chi connectivity index (χ2v) is 5.67. The van der Waals surface area contributed by atoms with Gasteiger partial charge in [-0.3, -0.25) is 19.3 Å². The number of nitrogens with one attached hydrogen (secondary N) is 1. The topological polar surface area (TPSA) is 58.6 Å². The van der Waals surface area contributed by atoms with Crippen molar-refractivity contribution in [3.05, 3.63) is 70.8 Å². The molecule has 0 unspecified atom stereocenters. The summed E-state index contributed by atoms with van der Waals surface area (Å²) in [5.74, 6) is -0.728. The number of fused-ring (bicyclic) bond motifs is 1. The van der Waals surface area contributed by atoms with Gasteiger partial charge >= 0.3 is 6.18 Å². The standard InChI is InChI=1S/C18H15F3N2O3/c19-18(20,21)13-7-5-12(6-8-13)11-22-26-10-9-23-16(24)14-3-1-2-4-15(14)17(23)25/h1-8,22H,9-11H2. The maximum atomic E-state index is 12.5. The van der Waals surface area contributed by atoms with Crippen LogP contribution in [0.2, 0.25) is 0 Å². The molecule has 8 heteroatoms. The monoisotopic (exact) mass is 364 g/mol. The number of carbonyl (C=O) groups excluding carboxylic acids is 2. The van der Waals surface area contributed by atoms with Crippen molar-refractivity contribution in [2.24, 2.45) is 0 Å². The van der Waals surface area contributed by atoms with Crippen LogP contribution in [0.3, 0.4) is 0 Å². The summed E-state index contributed by atoms with van der Waals surface area (Å²) >= 11 is 0. The van der Waals surface area contributed by atoms with Crippen LogP contribution in [0.25, 0.3) is 0 Å². The van der Waals surface area contributed by atoms with Crippen LogP contribution >= 0.6 is 0 Å². The Balaban J connectivity index is 1.44. The van der Waals surface area contributed by atoms with Crippen molar-refractivity contribution in [1.82, 2.24) is 10.4 Å². The summed E-state index contributed by atoms with van der Waals surface area (Å²) in [7, 11) is 0. The molecule has 0 spiro atoms. The zero-order valence-corrected chi connectivity index (χ0v) is 13.5. The maximum absolute atomic E-state index is 12.5. The lowest BCUT2D eigenvalue weighted by molar-refractivity contribution is -0.137. The van der Waals surface area contributed by atoms with E-state index < -0.39 is 11.7 Å². The van der Waals surface area contributed by atoms with Crippen molar-refractivity contribution < 1.29 is 27.6 Å². The molecule has 1 aliphatic rings. The van der Waals surface area contributed by atoms with Gasteiger partial charge in [-0.05, 0) is 29.8 Å². The zero-order chi connectivity index (χ0) is 18.7. The van der Waals surface area contributed by atoms with Crippen LogP contribution in [0.4, 0.5) is 13.2 Å². The molecule has 1 heterocycles. The molecule has 0 fully saturated rings.